The van der Waals surface area contributed by atoms with Crippen LogP contribution in [0.25, 0.3) is 0 Å². The molecule has 142 valence electrons. The van der Waals surface area contributed by atoms with Gasteiger partial charge in [0.05, 0.1) is 22.0 Å². The van der Waals surface area contributed by atoms with E-state index >= 15 is 0 Å². The first kappa shape index (κ1) is 18.8. The normalized spacial score (nSPS) is 22.0. The van der Waals surface area contributed by atoms with Crippen molar-refractivity contribution in [2.24, 2.45) is 0 Å². The van der Waals surface area contributed by atoms with Crippen LogP contribution >= 0.6 is 0 Å². The standard InChI is InChI=1S/C17H22FN3O4S/c1-21(2)26(24,25)11-4-5-13(18)12(10-11)16(23)19-14-6-7-15(22)20-17(14)8-3-9-17/h4-5,10,14H,3,6-9H2,1-2H3,(H,19,23)(H,20,22). The fraction of sp³-hybridized carbons (Fsp3) is 0.529. The first-order chi connectivity index (χ1) is 12.2. The van der Waals surface area contributed by atoms with Crippen molar-refractivity contribution in [2.75, 3.05) is 14.1 Å². The zero-order chi connectivity index (χ0) is 19.1. The van der Waals surface area contributed by atoms with Gasteiger partial charge in [-0.2, -0.15) is 0 Å². The zero-order valence-electron chi connectivity index (χ0n) is 14.7. The number of sulfonamides is 1. The SMILES string of the molecule is CN(C)S(=O)(=O)c1ccc(F)c(C(=O)NC2CCC(=O)NC23CCC3)c1. The fourth-order valence-corrected chi connectivity index (χ4v) is 4.43. The number of rotatable bonds is 4. The molecule has 1 atom stereocenters. The second kappa shape index (κ2) is 6.62. The highest BCUT2D eigenvalue weighted by molar-refractivity contribution is 7.89. The molecule has 1 saturated carbocycles. The molecule has 1 spiro atoms. The van der Waals surface area contributed by atoms with Gasteiger partial charge in [-0.1, -0.05) is 0 Å². The molecule has 1 aromatic carbocycles. The van der Waals surface area contributed by atoms with E-state index in [4.69, 9.17) is 0 Å². The van der Waals surface area contributed by atoms with Gasteiger partial charge in [0, 0.05) is 20.5 Å². The van der Waals surface area contributed by atoms with Gasteiger partial charge >= 0.3 is 0 Å². The predicted molar refractivity (Wildman–Crippen MR) is 92.5 cm³/mol. The van der Waals surface area contributed by atoms with E-state index in [1.807, 2.05) is 0 Å². The van der Waals surface area contributed by atoms with E-state index in [9.17, 15) is 22.4 Å². The van der Waals surface area contributed by atoms with Gasteiger partial charge in [-0.15, -0.1) is 0 Å². The van der Waals surface area contributed by atoms with Crippen molar-refractivity contribution in [3.63, 3.8) is 0 Å². The summed E-state index contributed by atoms with van der Waals surface area (Å²) in [6.07, 6.45) is 3.26. The lowest BCUT2D eigenvalue weighted by Gasteiger charge is -2.50. The molecule has 0 radical (unpaired) electrons. The molecule has 7 nitrogen and oxygen atoms in total. The summed E-state index contributed by atoms with van der Waals surface area (Å²) in [7, 11) is -1.05. The molecule has 1 heterocycles. The third-order valence-electron chi connectivity index (χ3n) is 5.23. The Morgan fingerprint density at radius 1 is 1.35 bits per heavy atom. The average Bonchev–Trinajstić information content (AvgIpc) is 2.54. The van der Waals surface area contributed by atoms with E-state index < -0.39 is 27.3 Å². The lowest BCUT2D eigenvalue weighted by atomic mass is 9.68. The topological polar surface area (TPSA) is 95.6 Å². The summed E-state index contributed by atoms with van der Waals surface area (Å²) in [4.78, 5) is 24.2. The number of carbonyl (C=O) groups excluding carboxylic acids is 2. The van der Waals surface area contributed by atoms with Gasteiger partial charge < -0.3 is 10.6 Å². The lowest BCUT2D eigenvalue weighted by Crippen LogP contribution is -2.68. The number of halogens is 1. The summed E-state index contributed by atoms with van der Waals surface area (Å²) in [5.41, 5.74) is -0.784. The molecule has 1 aliphatic carbocycles. The average molecular weight is 383 g/mol. The Morgan fingerprint density at radius 3 is 2.62 bits per heavy atom. The van der Waals surface area contributed by atoms with Crippen LogP contribution in [0.2, 0.25) is 0 Å². The second-order valence-electron chi connectivity index (χ2n) is 7.05. The Morgan fingerprint density at radius 2 is 2.04 bits per heavy atom. The number of amides is 2. The lowest BCUT2D eigenvalue weighted by molar-refractivity contribution is -0.127. The van der Waals surface area contributed by atoms with Gasteiger partial charge in [0.15, 0.2) is 0 Å². The Hall–Kier alpha value is -2.00. The first-order valence-corrected chi connectivity index (χ1v) is 9.94. The zero-order valence-corrected chi connectivity index (χ0v) is 15.5. The van der Waals surface area contributed by atoms with Crippen molar-refractivity contribution >= 4 is 21.8 Å². The molecular weight excluding hydrogens is 361 g/mol. The molecule has 0 aromatic heterocycles. The van der Waals surface area contributed by atoms with Gasteiger partial charge in [0.2, 0.25) is 15.9 Å². The molecule has 26 heavy (non-hydrogen) atoms. The van der Waals surface area contributed by atoms with Crippen LogP contribution in [-0.4, -0.2) is 50.2 Å². The van der Waals surface area contributed by atoms with Crippen LogP contribution in [0.1, 0.15) is 42.5 Å². The van der Waals surface area contributed by atoms with Crippen LogP contribution in [-0.2, 0) is 14.8 Å². The van der Waals surface area contributed by atoms with Crippen molar-refractivity contribution in [3.8, 4) is 0 Å². The van der Waals surface area contributed by atoms with E-state index in [0.717, 1.165) is 41.8 Å². The monoisotopic (exact) mass is 383 g/mol. The quantitative estimate of drug-likeness (QED) is 0.811. The summed E-state index contributed by atoms with van der Waals surface area (Å²) >= 11 is 0. The van der Waals surface area contributed by atoms with E-state index in [1.165, 1.54) is 14.1 Å². The summed E-state index contributed by atoms with van der Waals surface area (Å²) in [5.74, 6) is -1.51. The molecular formula is C17H22FN3O4S. The second-order valence-corrected chi connectivity index (χ2v) is 9.20. The highest BCUT2D eigenvalue weighted by Crippen LogP contribution is 2.39. The fourth-order valence-electron chi connectivity index (χ4n) is 3.51. The number of piperidine rings is 1. The van der Waals surface area contributed by atoms with Crippen LogP contribution in [0.3, 0.4) is 0 Å². The Kier molecular flexibility index (Phi) is 4.78. The van der Waals surface area contributed by atoms with Crippen LogP contribution in [0.15, 0.2) is 23.1 Å². The van der Waals surface area contributed by atoms with Gasteiger partial charge in [-0.25, -0.2) is 17.1 Å². The van der Waals surface area contributed by atoms with Gasteiger partial charge in [-0.3, -0.25) is 9.59 Å². The molecule has 1 aromatic rings. The maximum Gasteiger partial charge on any atom is 0.254 e. The van der Waals surface area contributed by atoms with Crippen LogP contribution < -0.4 is 10.6 Å². The maximum atomic E-state index is 14.2. The molecule has 9 heteroatoms. The summed E-state index contributed by atoms with van der Waals surface area (Å²) in [5, 5.41) is 5.75. The molecule has 2 amide bonds. The van der Waals surface area contributed by atoms with Crippen LogP contribution in [0, 0.1) is 5.82 Å². The number of benzene rings is 1. The molecule has 2 aliphatic rings. The minimum absolute atomic E-state index is 0.0412. The molecule has 1 saturated heterocycles. The van der Waals surface area contributed by atoms with Gasteiger partial charge in [-0.05, 0) is 43.9 Å². The largest absolute Gasteiger partial charge is 0.349 e. The summed E-state index contributed by atoms with van der Waals surface area (Å²) in [6.45, 7) is 0. The molecule has 3 rings (SSSR count). The van der Waals surface area contributed by atoms with Crippen LogP contribution in [0.4, 0.5) is 4.39 Å². The molecule has 1 aliphatic heterocycles. The van der Waals surface area contributed by atoms with Crippen LogP contribution in [0.5, 0.6) is 0 Å². The number of carbonyl (C=O) groups is 2. The summed E-state index contributed by atoms with van der Waals surface area (Å²) in [6, 6.07) is 2.87. The Labute approximate surface area is 152 Å². The smallest absolute Gasteiger partial charge is 0.254 e. The van der Waals surface area contributed by atoms with Crippen molar-refractivity contribution in [1.29, 1.82) is 0 Å². The van der Waals surface area contributed by atoms with E-state index in [1.54, 1.807) is 0 Å². The highest BCUT2D eigenvalue weighted by atomic mass is 32.2. The first-order valence-electron chi connectivity index (χ1n) is 8.50. The van der Waals surface area contributed by atoms with E-state index in [-0.39, 0.29) is 22.4 Å². The van der Waals surface area contributed by atoms with E-state index in [2.05, 4.69) is 10.6 Å². The number of nitrogens with zero attached hydrogens (tertiary/aromatic N) is 1. The van der Waals surface area contributed by atoms with Gasteiger partial charge in [0.25, 0.3) is 5.91 Å². The van der Waals surface area contributed by atoms with E-state index in [0.29, 0.717) is 12.8 Å². The maximum absolute atomic E-state index is 14.2. The third kappa shape index (κ3) is 3.21. The van der Waals surface area contributed by atoms with Crippen molar-refractivity contribution in [3.05, 3.63) is 29.6 Å². The van der Waals surface area contributed by atoms with Crippen molar-refractivity contribution < 1.29 is 22.4 Å². The van der Waals surface area contributed by atoms with Crippen molar-refractivity contribution in [1.82, 2.24) is 14.9 Å². The summed E-state index contributed by atoms with van der Waals surface area (Å²) < 4.78 is 39.6. The number of hydrogen-bond acceptors (Lipinski definition) is 4. The van der Waals surface area contributed by atoms with Crippen molar-refractivity contribution in [2.45, 2.75) is 48.6 Å². The Bertz CT molecular complexity index is 850. The molecule has 0 bridgehead atoms. The molecule has 2 N–H and O–H groups in total. The third-order valence-corrected chi connectivity index (χ3v) is 7.04. The Balaban J connectivity index is 1.85. The molecule has 2 fully saturated rings. The number of hydrogen-bond donors (Lipinski definition) is 2. The number of nitrogens with one attached hydrogen (secondary N) is 2. The predicted octanol–water partition coefficient (Wildman–Crippen LogP) is 1.01. The minimum Gasteiger partial charge on any atom is -0.349 e. The minimum atomic E-state index is -3.78. The molecule has 1 unspecified atom stereocenters. The highest BCUT2D eigenvalue weighted by Gasteiger charge is 2.48. The van der Waals surface area contributed by atoms with Gasteiger partial charge in [0.1, 0.15) is 5.82 Å².